The van der Waals surface area contributed by atoms with Crippen molar-refractivity contribution in [2.75, 3.05) is 5.32 Å². The Balaban J connectivity index is 1.91. The fraction of sp³-hybridized carbons (Fsp3) is 0.267. The summed E-state index contributed by atoms with van der Waals surface area (Å²) in [5.41, 5.74) is 2.37. The van der Waals surface area contributed by atoms with Crippen LogP contribution in [0, 0.1) is 6.92 Å². The summed E-state index contributed by atoms with van der Waals surface area (Å²) in [5.74, 6) is -0.214. The van der Waals surface area contributed by atoms with Gasteiger partial charge in [0.25, 0.3) is 5.91 Å². The highest BCUT2D eigenvalue weighted by atomic mass is 35.5. The Bertz CT molecular complexity index is 852. The molecule has 22 heavy (non-hydrogen) atoms. The van der Waals surface area contributed by atoms with Crippen LogP contribution in [0.15, 0.2) is 24.4 Å². The smallest absolute Gasteiger partial charge is 0.275 e. The molecule has 0 spiro atoms. The molecule has 0 aliphatic carbocycles. The minimum absolute atomic E-state index is 0.118. The number of amides is 1. The van der Waals surface area contributed by atoms with Gasteiger partial charge in [0.05, 0.1) is 10.2 Å². The number of nitrogens with zero attached hydrogens (tertiary/aromatic N) is 3. The number of hydrogen-bond donors (Lipinski definition) is 1. The molecule has 0 fully saturated rings. The van der Waals surface area contributed by atoms with Gasteiger partial charge >= 0.3 is 0 Å². The van der Waals surface area contributed by atoms with E-state index in [0.717, 1.165) is 15.8 Å². The fourth-order valence-corrected chi connectivity index (χ4v) is 3.59. The highest BCUT2D eigenvalue weighted by Gasteiger charge is 2.16. The van der Waals surface area contributed by atoms with Crippen molar-refractivity contribution < 1.29 is 4.79 Å². The summed E-state index contributed by atoms with van der Waals surface area (Å²) in [5, 5.41) is 8.24. The van der Waals surface area contributed by atoms with Gasteiger partial charge in [0.15, 0.2) is 5.13 Å². The zero-order valence-corrected chi connectivity index (χ0v) is 14.0. The first-order chi connectivity index (χ1) is 10.5. The van der Waals surface area contributed by atoms with Crippen LogP contribution in [0.1, 0.15) is 35.9 Å². The molecule has 1 aromatic carbocycles. The van der Waals surface area contributed by atoms with Gasteiger partial charge in [-0.2, -0.15) is 5.10 Å². The maximum Gasteiger partial charge on any atom is 0.275 e. The Labute approximate surface area is 136 Å². The zero-order chi connectivity index (χ0) is 15.9. The second kappa shape index (κ2) is 5.70. The summed E-state index contributed by atoms with van der Waals surface area (Å²) in [6.45, 7) is 5.91. The molecule has 3 aromatic rings. The lowest BCUT2D eigenvalue weighted by Gasteiger charge is -2.09. The summed E-state index contributed by atoms with van der Waals surface area (Å²) in [6, 6.07) is 5.54. The van der Waals surface area contributed by atoms with E-state index in [1.807, 2.05) is 32.9 Å². The molecule has 0 saturated heterocycles. The molecule has 0 bridgehead atoms. The molecule has 0 unspecified atom stereocenters. The quantitative estimate of drug-likeness (QED) is 0.777. The van der Waals surface area contributed by atoms with Gasteiger partial charge in [-0.3, -0.25) is 14.8 Å². The molecule has 114 valence electrons. The molecule has 3 rings (SSSR count). The van der Waals surface area contributed by atoms with Gasteiger partial charge in [-0.05, 0) is 44.5 Å². The first-order valence-corrected chi connectivity index (χ1v) is 8.06. The molecule has 0 aliphatic heterocycles. The molecular formula is C15H15ClN4OS. The van der Waals surface area contributed by atoms with Crippen molar-refractivity contribution >= 4 is 44.2 Å². The lowest BCUT2D eigenvalue weighted by molar-refractivity contribution is 0.101. The number of thiazole rings is 1. The van der Waals surface area contributed by atoms with Crippen LogP contribution in [0.3, 0.4) is 0 Å². The molecule has 5 nitrogen and oxygen atoms in total. The van der Waals surface area contributed by atoms with Crippen LogP contribution in [0.25, 0.3) is 10.2 Å². The molecule has 2 heterocycles. The summed E-state index contributed by atoms with van der Waals surface area (Å²) in [4.78, 5) is 16.9. The molecular weight excluding hydrogens is 320 g/mol. The number of nitrogens with one attached hydrogen (secondary N) is 1. The number of rotatable bonds is 3. The molecule has 0 saturated carbocycles. The Kier molecular flexibility index (Phi) is 3.88. The van der Waals surface area contributed by atoms with Crippen molar-refractivity contribution in [3.8, 4) is 0 Å². The van der Waals surface area contributed by atoms with Crippen LogP contribution >= 0.6 is 22.9 Å². The Morgan fingerprint density at radius 1 is 1.41 bits per heavy atom. The van der Waals surface area contributed by atoms with E-state index in [9.17, 15) is 4.79 Å². The Hall–Kier alpha value is -1.92. The molecule has 0 atom stereocenters. The van der Waals surface area contributed by atoms with E-state index in [1.165, 1.54) is 11.3 Å². The molecule has 1 N–H and O–H groups in total. The molecule has 0 aliphatic rings. The van der Waals surface area contributed by atoms with E-state index in [2.05, 4.69) is 15.4 Å². The monoisotopic (exact) mass is 334 g/mol. The third kappa shape index (κ3) is 2.71. The molecule has 1 amide bonds. The van der Waals surface area contributed by atoms with E-state index in [1.54, 1.807) is 16.9 Å². The number of carbonyl (C=O) groups excluding carboxylic acids is 1. The van der Waals surface area contributed by atoms with Crippen LogP contribution in [-0.2, 0) is 0 Å². The molecule has 2 aromatic heterocycles. The third-order valence-electron chi connectivity index (χ3n) is 3.26. The maximum absolute atomic E-state index is 12.4. The van der Waals surface area contributed by atoms with Gasteiger partial charge in [0.2, 0.25) is 0 Å². The summed E-state index contributed by atoms with van der Waals surface area (Å²) >= 11 is 7.46. The van der Waals surface area contributed by atoms with Crippen molar-refractivity contribution in [2.24, 2.45) is 0 Å². The van der Waals surface area contributed by atoms with Crippen molar-refractivity contribution in [2.45, 2.75) is 26.8 Å². The second-order valence-electron chi connectivity index (χ2n) is 5.30. The summed E-state index contributed by atoms with van der Waals surface area (Å²) in [7, 11) is 0. The van der Waals surface area contributed by atoms with Gasteiger partial charge in [0, 0.05) is 17.3 Å². The fourth-order valence-electron chi connectivity index (χ4n) is 2.27. The predicted octanol–water partition coefficient (Wildman–Crippen LogP) is 4.29. The number of hydrogen-bond acceptors (Lipinski definition) is 4. The number of fused-ring (bicyclic) bond motifs is 1. The van der Waals surface area contributed by atoms with E-state index >= 15 is 0 Å². The average Bonchev–Trinajstić information content (AvgIpc) is 3.04. The van der Waals surface area contributed by atoms with Crippen LogP contribution in [0.5, 0.6) is 0 Å². The van der Waals surface area contributed by atoms with Crippen molar-refractivity contribution in [3.05, 3.63) is 40.7 Å². The number of benzene rings is 1. The minimum Gasteiger partial charge on any atom is -0.296 e. The lowest BCUT2D eigenvalue weighted by atomic mass is 10.2. The van der Waals surface area contributed by atoms with E-state index < -0.39 is 0 Å². The molecule has 0 radical (unpaired) electrons. The largest absolute Gasteiger partial charge is 0.296 e. The van der Waals surface area contributed by atoms with Crippen LogP contribution in [-0.4, -0.2) is 20.7 Å². The Morgan fingerprint density at radius 3 is 2.91 bits per heavy atom. The number of aromatic nitrogens is 3. The zero-order valence-electron chi connectivity index (χ0n) is 12.4. The maximum atomic E-state index is 12.4. The van der Waals surface area contributed by atoms with Gasteiger partial charge in [-0.1, -0.05) is 22.9 Å². The number of halogens is 1. The van der Waals surface area contributed by atoms with Crippen LogP contribution in [0.2, 0.25) is 5.02 Å². The van der Waals surface area contributed by atoms with Crippen molar-refractivity contribution in [3.63, 3.8) is 0 Å². The van der Waals surface area contributed by atoms with Crippen molar-refractivity contribution in [1.29, 1.82) is 0 Å². The highest BCUT2D eigenvalue weighted by Crippen LogP contribution is 2.31. The Morgan fingerprint density at radius 2 is 2.18 bits per heavy atom. The second-order valence-corrected chi connectivity index (χ2v) is 6.76. The van der Waals surface area contributed by atoms with Gasteiger partial charge in [-0.25, -0.2) is 4.98 Å². The minimum atomic E-state index is -0.214. The first kappa shape index (κ1) is 15.0. The van der Waals surface area contributed by atoms with E-state index in [-0.39, 0.29) is 11.9 Å². The van der Waals surface area contributed by atoms with E-state index in [4.69, 9.17) is 11.6 Å². The van der Waals surface area contributed by atoms with Crippen molar-refractivity contribution in [1.82, 2.24) is 14.8 Å². The molecule has 7 heteroatoms. The van der Waals surface area contributed by atoms with E-state index in [0.29, 0.717) is 15.8 Å². The number of aryl methyl sites for hydroxylation is 1. The lowest BCUT2D eigenvalue weighted by Crippen LogP contribution is -2.18. The topological polar surface area (TPSA) is 59.8 Å². The van der Waals surface area contributed by atoms with Gasteiger partial charge in [-0.15, -0.1) is 0 Å². The SMILES string of the molecule is Cc1cc(Cl)cc2sc(NC(=O)c3ccnn3C(C)C)nc12. The third-order valence-corrected chi connectivity index (χ3v) is 4.40. The first-order valence-electron chi connectivity index (χ1n) is 6.87. The predicted molar refractivity (Wildman–Crippen MR) is 89.9 cm³/mol. The summed E-state index contributed by atoms with van der Waals surface area (Å²) in [6.07, 6.45) is 1.62. The van der Waals surface area contributed by atoms with Gasteiger partial charge < -0.3 is 0 Å². The standard InChI is InChI=1S/C15H15ClN4OS/c1-8(2)20-11(4-5-17-20)14(21)19-15-18-13-9(3)6-10(16)7-12(13)22-15/h4-8H,1-3H3,(H,18,19,21). The number of anilines is 1. The van der Waals surface area contributed by atoms with Gasteiger partial charge in [0.1, 0.15) is 5.69 Å². The number of carbonyl (C=O) groups is 1. The average molecular weight is 335 g/mol. The van der Waals surface area contributed by atoms with Crippen LogP contribution < -0.4 is 5.32 Å². The normalized spacial score (nSPS) is 11.3. The summed E-state index contributed by atoms with van der Waals surface area (Å²) < 4.78 is 2.64. The highest BCUT2D eigenvalue weighted by molar-refractivity contribution is 7.22. The van der Waals surface area contributed by atoms with Crippen LogP contribution in [0.4, 0.5) is 5.13 Å².